The van der Waals surface area contributed by atoms with Crippen LogP contribution in [0.2, 0.25) is 0 Å². The molecule has 0 bridgehead atoms. The van der Waals surface area contributed by atoms with Gasteiger partial charge < -0.3 is 25.6 Å². The van der Waals surface area contributed by atoms with Gasteiger partial charge in [0.15, 0.2) is 0 Å². The summed E-state index contributed by atoms with van der Waals surface area (Å²) in [6.07, 6.45) is 39.0. The number of allylic oxidation sites excluding steroid dienone is 5. The van der Waals surface area contributed by atoms with Crippen LogP contribution in [0, 0.1) is 0 Å². The minimum Gasteiger partial charge on any atom is -0.480 e. The topological polar surface area (TPSA) is 142 Å². The second-order valence-electron chi connectivity index (χ2n) is 13.4. The number of ether oxygens (including phenoxy) is 1. The Labute approximate surface area is 304 Å². The molecule has 2 unspecified atom stereocenters. The number of carbonyl (C=O) groups is 4. The van der Waals surface area contributed by atoms with Crippen LogP contribution in [0.25, 0.3) is 0 Å². The van der Waals surface area contributed by atoms with Crippen LogP contribution in [-0.2, 0) is 23.9 Å². The van der Waals surface area contributed by atoms with E-state index in [1.165, 1.54) is 77.0 Å². The van der Waals surface area contributed by atoms with Gasteiger partial charge in [-0.1, -0.05) is 121 Å². The maximum absolute atomic E-state index is 12.7. The quantitative estimate of drug-likeness (QED) is 0.0293. The highest BCUT2D eigenvalue weighted by Gasteiger charge is 2.18. The van der Waals surface area contributed by atoms with E-state index >= 15 is 0 Å². The summed E-state index contributed by atoms with van der Waals surface area (Å²) in [6.45, 7) is 3.39. The lowest BCUT2D eigenvalue weighted by Gasteiger charge is -2.15. The SMILES string of the molecule is CCCCC/C=C\C/C=C\C(CCCCCCC(=O)NCC(=O)NC(CO)C(=O)O)OC(=O)CCCCCCC/C=C\CCCCCCCC. The second-order valence-corrected chi connectivity index (χ2v) is 13.4. The standard InChI is InChI=1S/C41H72N2O7/c1-3-5-7-9-11-13-14-15-16-17-18-19-21-23-29-33-40(47)50-36(30-26-22-20-12-10-8-6-4-2)31-27-24-25-28-32-38(45)42-34-39(46)43-37(35-44)41(48)49/h12,15-16,20,26,30,36-37,44H,3-11,13-14,17-19,21-25,27-29,31-35H2,1-2H3,(H,42,45)(H,43,46)(H,48,49)/b16-15-,20-12-,30-26-. The zero-order valence-electron chi connectivity index (χ0n) is 31.6. The van der Waals surface area contributed by atoms with E-state index in [9.17, 15) is 19.2 Å². The number of nitrogens with one attached hydrogen (secondary N) is 2. The van der Waals surface area contributed by atoms with Crippen LogP contribution in [0.4, 0.5) is 0 Å². The Hall–Kier alpha value is -2.94. The first-order valence-electron chi connectivity index (χ1n) is 19.9. The molecule has 0 spiro atoms. The molecule has 0 aliphatic rings. The van der Waals surface area contributed by atoms with Gasteiger partial charge in [-0.3, -0.25) is 14.4 Å². The summed E-state index contributed by atoms with van der Waals surface area (Å²) < 4.78 is 5.87. The first-order chi connectivity index (χ1) is 24.3. The number of rotatable bonds is 35. The summed E-state index contributed by atoms with van der Waals surface area (Å²) in [5.41, 5.74) is 0. The Morgan fingerprint density at radius 3 is 1.76 bits per heavy atom. The van der Waals surface area contributed by atoms with E-state index in [-0.39, 0.29) is 30.9 Å². The Bertz CT molecular complexity index is 947. The summed E-state index contributed by atoms with van der Waals surface area (Å²) in [6, 6.07) is -1.39. The first-order valence-corrected chi connectivity index (χ1v) is 19.9. The van der Waals surface area contributed by atoms with Gasteiger partial charge in [0.1, 0.15) is 12.1 Å². The third-order valence-electron chi connectivity index (χ3n) is 8.59. The largest absolute Gasteiger partial charge is 0.480 e. The molecule has 50 heavy (non-hydrogen) atoms. The molecular weight excluding hydrogens is 632 g/mol. The lowest BCUT2D eigenvalue weighted by Crippen LogP contribution is -2.47. The highest BCUT2D eigenvalue weighted by Crippen LogP contribution is 2.15. The van der Waals surface area contributed by atoms with Crippen LogP contribution in [0.5, 0.6) is 0 Å². The molecule has 0 saturated carbocycles. The second kappa shape index (κ2) is 35.9. The third kappa shape index (κ3) is 32.3. The van der Waals surface area contributed by atoms with Crippen LogP contribution in [0.1, 0.15) is 174 Å². The average molecular weight is 705 g/mol. The van der Waals surface area contributed by atoms with Gasteiger partial charge in [-0.25, -0.2) is 4.79 Å². The maximum atomic E-state index is 12.7. The van der Waals surface area contributed by atoms with Gasteiger partial charge in [-0.05, 0) is 76.7 Å². The van der Waals surface area contributed by atoms with Crippen molar-refractivity contribution in [2.24, 2.45) is 0 Å². The minimum atomic E-state index is -1.39. The predicted octanol–water partition coefficient (Wildman–Crippen LogP) is 9.04. The van der Waals surface area contributed by atoms with Crippen molar-refractivity contribution in [3.05, 3.63) is 36.5 Å². The van der Waals surface area contributed by atoms with Crippen molar-refractivity contribution in [1.82, 2.24) is 10.6 Å². The zero-order chi connectivity index (χ0) is 36.9. The molecule has 4 N–H and O–H groups in total. The van der Waals surface area contributed by atoms with Gasteiger partial charge in [0.2, 0.25) is 11.8 Å². The number of aliphatic hydroxyl groups is 1. The fourth-order valence-corrected chi connectivity index (χ4v) is 5.48. The molecule has 0 aromatic carbocycles. The number of esters is 1. The smallest absolute Gasteiger partial charge is 0.328 e. The molecule has 0 heterocycles. The number of aliphatic carboxylic acids is 1. The molecular formula is C41H72N2O7. The van der Waals surface area contributed by atoms with Crippen molar-refractivity contribution >= 4 is 23.8 Å². The number of hydrogen-bond acceptors (Lipinski definition) is 6. The highest BCUT2D eigenvalue weighted by molar-refractivity contribution is 5.87. The number of unbranched alkanes of at least 4 members (excludes halogenated alkanes) is 17. The number of carbonyl (C=O) groups excluding carboxylic acids is 3. The van der Waals surface area contributed by atoms with E-state index in [0.29, 0.717) is 12.8 Å². The molecule has 0 radical (unpaired) electrons. The van der Waals surface area contributed by atoms with Crippen LogP contribution in [0.3, 0.4) is 0 Å². The molecule has 0 aromatic heterocycles. The summed E-state index contributed by atoms with van der Waals surface area (Å²) >= 11 is 0. The maximum Gasteiger partial charge on any atom is 0.328 e. The number of hydrogen-bond donors (Lipinski definition) is 4. The molecule has 0 saturated heterocycles. The minimum absolute atomic E-state index is 0.137. The van der Waals surface area contributed by atoms with Crippen molar-refractivity contribution in [2.75, 3.05) is 13.2 Å². The van der Waals surface area contributed by atoms with Gasteiger partial charge in [-0.2, -0.15) is 0 Å². The molecule has 0 aromatic rings. The van der Waals surface area contributed by atoms with E-state index in [1.54, 1.807) is 0 Å². The van der Waals surface area contributed by atoms with Crippen molar-refractivity contribution in [3.8, 4) is 0 Å². The molecule has 2 atom stereocenters. The molecule has 0 rings (SSSR count). The normalized spacial score (nSPS) is 12.9. The fraction of sp³-hybridized carbons (Fsp3) is 0.756. The van der Waals surface area contributed by atoms with Crippen LogP contribution < -0.4 is 10.6 Å². The van der Waals surface area contributed by atoms with Crippen LogP contribution >= 0.6 is 0 Å². The average Bonchev–Trinajstić information content (AvgIpc) is 3.10. The molecule has 0 aliphatic heterocycles. The molecule has 0 aliphatic carbocycles. The lowest BCUT2D eigenvalue weighted by molar-refractivity contribution is -0.147. The van der Waals surface area contributed by atoms with Crippen molar-refractivity contribution in [2.45, 2.75) is 187 Å². The van der Waals surface area contributed by atoms with Crippen LogP contribution in [-0.4, -0.2) is 59.3 Å². The summed E-state index contributed by atoms with van der Waals surface area (Å²) in [7, 11) is 0. The van der Waals surface area contributed by atoms with Gasteiger partial charge in [0.25, 0.3) is 0 Å². The molecule has 0 fully saturated rings. The van der Waals surface area contributed by atoms with Crippen LogP contribution in [0.15, 0.2) is 36.5 Å². The summed E-state index contributed by atoms with van der Waals surface area (Å²) in [5.74, 6) is -2.43. The monoisotopic (exact) mass is 705 g/mol. The molecule has 288 valence electrons. The molecule has 2 amide bonds. The van der Waals surface area contributed by atoms with Gasteiger partial charge in [0, 0.05) is 12.8 Å². The Kier molecular flexibility index (Phi) is 33.8. The van der Waals surface area contributed by atoms with Gasteiger partial charge >= 0.3 is 11.9 Å². The van der Waals surface area contributed by atoms with Gasteiger partial charge in [-0.15, -0.1) is 0 Å². The van der Waals surface area contributed by atoms with Gasteiger partial charge in [0.05, 0.1) is 13.2 Å². The van der Waals surface area contributed by atoms with Crippen molar-refractivity contribution in [1.29, 1.82) is 0 Å². The zero-order valence-corrected chi connectivity index (χ0v) is 31.6. The number of carboxylic acid groups (broad SMARTS) is 1. The third-order valence-corrected chi connectivity index (χ3v) is 8.59. The highest BCUT2D eigenvalue weighted by atomic mass is 16.5. The van der Waals surface area contributed by atoms with E-state index in [4.69, 9.17) is 14.9 Å². The number of aliphatic hydroxyl groups excluding tert-OH is 1. The van der Waals surface area contributed by atoms with E-state index < -0.39 is 24.5 Å². The summed E-state index contributed by atoms with van der Waals surface area (Å²) in [5, 5.41) is 22.5. The molecule has 9 heteroatoms. The Balaban J connectivity index is 4.32. The fourth-order valence-electron chi connectivity index (χ4n) is 5.48. The van der Waals surface area contributed by atoms with E-state index in [1.807, 2.05) is 6.08 Å². The first kappa shape index (κ1) is 47.1. The molecule has 9 nitrogen and oxygen atoms in total. The number of amides is 2. The predicted molar refractivity (Wildman–Crippen MR) is 204 cm³/mol. The Morgan fingerprint density at radius 1 is 0.620 bits per heavy atom. The lowest BCUT2D eigenvalue weighted by atomic mass is 10.1. The number of carboxylic acids is 1. The van der Waals surface area contributed by atoms with E-state index in [0.717, 1.165) is 64.2 Å². The summed E-state index contributed by atoms with van der Waals surface area (Å²) in [4.78, 5) is 47.4. The Morgan fingerprint density at radius 2 is 1.14 bits per heavy atom. The van der Waals surface area contributed by atoms with Crippen molar-refractivity contribution < 1.29 is 34.1 Å². The van der Waals surface area contributed by atoms with Crippen molar-refractivity contribution in [3.63, 3.8) is 0 Å². The van der Waals surface area contributed by atoms with E-state index in [2.05, 4.69) is 54.9 Å².